The number of hydrogen-bond donors (Lipinski definition) is 1. The zero-order valence-corrected chi connectivity index (χ0v) is 15.6. The Morgan fingerprint density at radius 2 is 1.86 bits per heavy atom. The zero-order chi connectivity index (χ0) is 20.5. The average Bonchev–Trinajstić information content (AvgIpc) is 3.21. The van der Waals surface area contributed by atoms with Gasteiger partial charge in [0.05, 0.1) is 12.7 Å². The molecule has 8 nitrogen and oxygen atoms in total. The number of carbonyl (C=O) groups excluding carboxylic acids is 2. The standard InChI is InChI=1S/C20H16FN5O3/c1-11-7-9-12(10-8-11)18(27)15-16(19(28)29-2)22-20-23-24-25-26(20)17(15)13-5-3-4-6-14(13)21/h3-10,17H,1-2H3,(H,22,23,25)/t17-/m1/s1. The molecular weight excluding hydrogens is 377 g/mol. The molecule has 0 radical (unpaired) electrons. The van der Waals surface area contributed by atoms with Crippen LogP contribution in [-0.4, -0.2) is 39.1 Å². The van der Waals surface area contributed by atoms with Crippen molar-refractivity contribution in [2.75, 3.05) is 12.4 Å². The van der Waals surface area contributed by atoms with Gasteiger partial charge in [0.25, 0.3) is 0 Å². The molecule has 0 aliphatic carbocycles. The van der Waals surface area contributed by atoms with E-state index in [1.54, 1.807) is 30.3 Å². The molecule has 9 heteroatoms. The van der Waals surface area contributed by atoms with E-state index in [0.29, 0.717) is 5.56 Å². The first-order valence-corrected chi connectivity index (χ1v) is 8.74. The van der Waals surface area contributed by atoms with E-state index in [9.17, 15) is 14.0 Å². The number of rotatable bonds is 4. The van der Waals surface area contributed by atoms with Crippen LogP contribution in [0.1, 0.15) is 27.5 Å². The minimum Gasteiger partial charge on any atom is -0.464 e. The fraction of sp³-hybridized carbons (Fsp3) is 0.150. The number of nitrogens with one attached hydrogen (secondary N) is 1. The second kappa shape index (κ2) is 7.27. The van der Waals surface area contributed by atoms with Gasteiger partial charge in [0.2, 0.25) is 5.95 Å². The highest BCUT2D eigenvalue weighted by Gasteiger charge is 2.39. The Bertz CT molecular complexity index is 1140. The number of methoxy groups -OCH3 is 1. The van der Waals surface area contributed by atoms with Gasteiger partial charge in [-0.1, -0.05) is 53.1 Å². The minimum atomic E-state index is -1.05. The Morgan fingerprint density at radius 3 is 2.55 bits per heavy atom. The number of tetrazole rings is 1. The molecule has 2 heterocycles. The lowest BCUT2D eigenvalue weighted by Crippen LogP contribution is -2.33. The number of Topliss-reactive ketones (excluding diaryl/α,β-unsaturated/α-hetero) is 1. The lowest BCUT2D eigenvalue weighted by atomic mass is 9.89. The highest BCUT2D eigenvalue weighted by Crippen LogP contribution is 2.37. The molecule has 1 aromatic heterocycles. The summed E-state index contributed by atoms with van der Waals surface area (Å²) in [6.45, 7) is 1.89. The molecule has 1 aliphatic heterocycles. The molecule has 3 aromatic rings. The van der Waals surface area contributed by atoms with Gasteiger partial charge >= 0.3 is 5.97 Å². The average molecular weight is 393 g/mol. The summed E-state index contributed by atoms with van der Waals surface area (Å²) >= 11 is 0. The van der Waals surface area contributed by atoms with Crippen molar-refractivity contribution < 1.29 is 18.7 Å². The Labute approximate surface area is 165 Å². The molecule has 2 aromatic carbocycles. The van der Waals surface area contributed by atoms with Crippen LogP contribution in [0, 0.1) is 12.7 Å². The molecule has 0 spiro atoms. The van der Waals surface area contributed by atoms with E-state index in [0.717, 1.165) is 5.56 Å². The van der Waals surface area contributed by atoms with Gasteiger partial charge in [-0.05, 0) is 23.4 Å². The van der Waals surface area contributed by atoms with E-state index in [-0.39, 0.29) is 22.8 Å². The lowest BCUT2D eigenvalue weighted by molar-refractivity contribution is -0.136. The van der Waals surface area contributed by atoms with E-state index in [1.807, 2.05) is 6.92 Å². The van der Waals surface area contributed by atoms with Gasteiger partial charge in [0.15, 0.2) is 5.78 Å². The van der Waals surface area contributed by atoms with E-state index in [2.05, 4.69) is 20.8 Å². The van der Waals surface area contributed by atoms with Crippen LogP contribution in [0.2, 0.25) is 0 Å². The zero-order valence-electron chi connectivity index (χ0n) is 15.6. The Balaban J connectivity index is 1.97. The van der Waals surface area contributed by atoms with Gasteiger partial charge in [-0.3, -0.25) is 4.79 Å². The van der Waals surface area contributed by atoms with Gasteiger partial charge in [0.1, 0.15) is 17.6 Å². The molecule has 0 bridgehead atoms. The van der Waals surface area contributed by atoms with Crippen LogP contribution in [0.3, 0.4) is 0 Å². The monoisotopic (exact) mass is 393 g/mol. The summed E-state index contributed by atoms with van der Waals surface area (Å²) in [7, 11) is 1.20. The van der Waals surface area contributed by atoms with Gasteiger partial charge in [-0.15, -0.1) is 0 Å². The van der Waals surface area contributed by atoms with Crippen molar-refractivity contribution in [3.8, 4) is 0 Å². The smallest absolute Gasteiger partial charge is 0.355 e. The van der Waals surface area contributed by atoms with Crippen LogP contribution in [0.5, 0.6) is 0 Å². The number of nitrogens with zero attached hydrogens (tertiary/aromatic N) is 4. The molecule has 146 valence electrons. The summed E-state index contributed by atoms with van der Waals surface area (Å²) in [5.41, 5.74) is 1.32. The number of anilines is 1. The third-order valence-electron chi connectivity index (χ3n) is 4.66. The predicted molar refractivity (Wildman–Crippen MR) is 101 cm³/mol. The first-order valence-electron chi connectivity index (χ1n) is 8.74. The number of aryl methyl sites for hydroxylation is 1. The number of allylic oxidation sites excluding steroid dienone is 1. The topological polar surface area (TPSA) is 99.0 Å². The quantitative estimate of drug-likeness (QED) is 0.537. The molecule has 29 heavy (non-hydrogen) atoms. The number of ether oxygens (including phenoxy) is 1. The van der Waals surface area contributed by atoms with Crippen molar-refractivity contribution in [1.82, 2.24) is 20.2 Å². The summed E-state index contributed by atoms with van der Waals surface area (Å²) < 4.78 is 20.8. The number of ketones is 1. The Kier molecular flexibility index (Phi) is 4.63. The van der Waals surface area contributed by atoms with Crippen LogP contribution in [-0.2, 0) is 9.53 Å². The van der Waals surface area contributed by atoms with Crippen molar-refractivity contribution in [1.29, 1.82) is 0 Å². The number of aromatic nitrogens is 4. The second-order valence-corrected chi connectivity index (χ2v) is 6.47. The normalized spacial score (nSPS) is 15.5. The number of hydrogen-bond acceptors (Lipinski definition) is 7. The molecule has 4 rings (SSSR count). The number of esters is 1. The van der Waals surface area contributed by atoms with Crippen LogP contribution < -0.4 is 5.32 Å². The molecule has 0 unspecified atom stereocenters. The fourth-order valence-electron chi connectivity index (χ4n) is 3.23. The first-order chi connectivity index (χ1) is 14.0. The van der Waals surface area contributed by atoms with Crippen LogP contribution >= 0.6 is 0 Å². The van der Waals surface area contributed by atoms with Gasteiger partial charge < -0.3 is 10.1 Å². The largest absolute Gasteiger partial charge is 0.464 e. The highest BCUT2D eigenvalue weighted by atomic mass is 19.1. The summed E-state index contributed by atoms with van der Waals surface area (Å²) in [4.78, 5) is 26.0. The number of fused-ring (bicyclic) bond motifs is 1. The maximum absolute atomic E-state index is 14.7. The van der Waals surface area contributed by atoms with Crippen LogP contribution in [0.15, 0.2) is 59.8 Å². The fourth-order valence-corrected chi connectivity index (χ4v) is 3.23. The minimum absolute atomic E-state index is 0.00870. The van der Waals surface area contributed by atoms with E-state index in [4.69, 9.17) is 4.74 Å². The number of benzene rings is 2. The van der Waals surface area contributed by atoms with E-state index >= 15 is 0 Å². The maximum Gasteiger partial charge on any atom is 0.355 e. The highest BCUT2D eigenvalue weighted by molar-refractivity contribution is 6.14. The molecule has 0 fully saturated rings. The van der Waals surface area contributed by atoms with Crippen LogP contribution in [0.4, 0.5) is 10.3 Å². The molecular formula is C20H16FN5O3. The molecule has 1 atom stereocenters. The Hall–Kier alpha value is -3.88. The number of halogens is 1. The summed E-state index contributed by atoms with van der Waals surface area (Å²) in [6.07, 6.45) is 0. The summed E-state index contributed by atoms with van der Waals surface area (Å²) in [5, 5.41) is 14.1. The van der Waals surface area contributed by atoms with E-state index < -0.39 is 23.6 Å². The SMILES string of the molecule is COC(=O)C1=C(C(=O)c2ccc(C)cc2)[C@@H](c2ccccc2F)n2nnnc2N1. The Morgan fingerprint density at radius 1 is 1.14 bits per heavy atom. The van der Waals surface area contributed by atoms with Gasteiger partial charge in [-0.2, -0.15) is 4.68 Å². The molecule has 1 aliphatic rings. The third-order valence-corrected chi connectivity index (χ3v) is 4.66. The maximum atomic E-state index is 14.7. The van der Waals surface area contributed by atoms with Crippen molar-refractivity contribution >= 4 is 17.7 Å². The van der Waals surface area contributed by atoms with Crippen molar-refractivity contribution in [2.24, 2.45) is 0 Å². The van der Waals surface area contributed by atoms with Gasteiger partial charge in [0, 0.05) is 11.1 Å². The summed E-state index contributed by atoms with van der Waals surface area (Å²) in [5.74, 6) is -1.71. The van der Waals surface area contributed by atoms with Crippen LogP contribution in [0.25, 0.3) is 0 Å². The van der Waals surface area contributed by atoms with Crippen molar-refractivity contribution in [3.05, 3.63) is 82.3 Å². The summed E-state index contributed by atoms with van der Waals surface area (Å²) in [6, 6.07) is 11.8. The van der Waals surface area contributed by atoms with E-state index in [1.165, 1.54) is 30.0 Å². The first kappa shape index (κ1) is 18.5. The number of carbonyl (C=O) groups is 2. The van der Waals surface area contributed by atoms with Crippen molar-refractivity contribution in [3.63, 3.8) is 0 Å². The molecule has 1 N–H and O–H groups in total. The predicted octanol–water partition coefficient (Wildman–Crippen LogP) is 2.45. The van der Waals surface area contributed by atoms with Gasteiger partial charge in [-0.25, -0.2) is 9.18 Å². The lowest BCUT2D eigenvalue weighted by Gasteiger charge is -2.28. The van der Waals surface area contributed by atoms with Crippen molar-refractivity contribution in [2.45, 2.75) is 13.0 Å². The molecule has 0 saturated heterocycles. The molecule has 0 saturated carbocycles. The second-order valence-electron chi connectivity index (χ2n) is 6.47. The third kappa shape index (κ3) is 3.16. The molecule has 0 amide bonds.